The van der Waals surface area contributed by atoms with E-state index in [-0.39, 0.29) is 0 Å². The van der Waals surface area contributed by atoms with Crippen molar-refractivity contribution in [2.75, 3.05) is 18.6 Å². The zero-order chi connectivity index (χ0) is 14.7. The van der Waals surface area contributed by atoms with E-state index in [1.54, 1.807) is 7.11 Å². The second-order valence-corrected chi connectivity index (χ2v) is 4.83. The molecule has 1 heterocycles. The van der Waals surface area contributed by atoms with Crippen molar-refractivity contribution in [3.8, 4) is 5.75 Å². The van der Waals surface area contributed by atoms with Crippen LogP contribution in [0.5, 0.6) is 5.75 Å². The monoisotopic (exact) mass is 282 g/mol. The van der Waals surface area contributed by atoms with Gasteiger partial charge in [0.15, 0.2) is 5.58 Å². The number of rotatable bonds is 5. The first-order valence-electron chi connectivity index (χ1n) is 7.03. The molecule has 4 heteroatoms. The SMILES string of the molecule is CCN(Cc1ccc(OC)cc1)c1nc2ccccc2o1. The highest BCUT2D eigenvalue weighted by molar-refractivity contribution is 5.74. The van der Waals surface area contributed by atoms with Crippen molar-refractivity contribution in [3.05, 3.63) is 54.1 Å². The molecule has 2 aromatic carbocycles. The normalized spacial score (nSPS) is 10.8. The lowest BCUT2D eigenvalue weighted by Gasteiger charge is -2.18. The summed E-state index contributed by atoms with van der Waals surface area (Å²) in [5.41, 5.74) is 2.90. The number of oxazole rings is 1. The van der Waals surface area contributed by atoms with Crippen LogP contribution in [0.4, 0.5) is 6.01 Å². The highest BCUT2D eigenvalue weighted by Crippen LogP contribution is 2.23. The molecule has 0 radical (unpaired) electrons. The minimum absolute atomic E-state index is 0.662. The maximum atomic E-state index is 5.83. The number of ether oxygens (including phenoxy) is 1. The van der Waals surface area contributed by atoms with Crippen molar-refractivity contribution < 1.29 is 9.15 Å². The maximum Gasteiger partial charge on any atom is 0.298 e. The Kier molecular flexibility index (Phi) is 3.77. The smallest absolute Gasteiger partial charge is 0.298 e. The molecule has 4 nitrogen and oxygen atoms in total. The molecule has 0 unspecified atom stereocenters. The van der Waals surface area contributed by atoms with E-state index >= 15 is 0 Å². The van der Waals surface area contributed by atoms with Gasteiger partial charge in [0, 0.05) is 13.1 Å². The first kappa shape index (κ1) is 13.5. The van der Waals surface area contributed by atoms with E-state index in [4.69, 9.17) is 9.15 Å². The zero-order valence-corrected chi connectivity index (χ0v) is 12.2. The first-order chi connectivity index (χ1) is 10.3. The van der Waals surface area contributed by atoms with Crippen LogP contribution in [-0.4, -0.2) is 18.6 Å². The van der Waals surface area contributed by atoms with Crippen LogP contribution in [-0.2, 0) is 6.54 Å². The number of hydrogen-bond donors (Lipinski definition) is 0. The van der Waals surface area contributed by atoms with Crippen molar-refractivity contribution in [1.29, 1.82) is 0 Å². The Hall–Kier alpha value is -2.49. The Morgan fingerprint density at radius 3 is 2.52 bits per heavy atom. The Bertz CT molecular complexity index is 686. The van der Waals surface area contributed by atoms with Gasteiger partial charge >= 0.3 is 0 Å². The minimum atomic E-state index is 0.662. The van der Waals surface area contributed by atoms with E-state index in [0.717, 1.165) is 29.9 Å². The molecule has 0 spiro atoms. The molecule has 3 aromatic rings. The Morgan fingerprint density at radius 2 is 1.86 bits per heavy atom. The molecule has 0 N–H and O–H groups in total. The van der Waals surface area contributed by atoms with E-state index in [0.29, 0.717) is 6.01 Å². The van der Waals surface area contributed by atoms with E-state index in [2.05, 4.69) is 28.9 Å². The molecule has 3 rings (SSSR count). The lowest BCUT2D eigenvalue weighted by Crippen LogP contribution is -2.22. The predicted octanol–water partition coefficient (Wildman–Crippen LogP) is 3.86. The van der Waals surface area contributed by atoms with Gasteiger partial charge in [-0.2, -0.15) is 4.98 Å². The van der Waals surface area contributed by atoms with E-state index in [9.17, 15) is 0 Å². The summed E-state index contributed by atoms with van der Waals surface area (Å²) in [4.78, 5) is 6.66. The summed E-state index contributed by atoms with van der Waals surface area (Å²) in [5.74, 6) is 0.865. The van der Waals surface area contributed by atoms with Gasteiger partial charge in [-0.05, 0) is 36.8 Å². The second-order valence-electron chi connectivity index (χ2n) is 4.83. The molecule has 0 saturated carbocycles. The molecule has 0 bridgehead atoms. The standard InChI is InChI=1S/C17H18N2O2/c1-3-19(12-13-8-10-14(20-2)11-9-13)17-18-15-6-4-5-7-16(15)21-17/h4-11H,3,12H2,1-2H3. The molecule has 1 aromatic heterocycles. The van der Waals surface area contributed by atoms with Crippen LogP contribution in [0.15, 0.2) is 52.9 Å². The molecule has 0 saturated heterocycles. The average molecular weight is 282 g/mol. The fourth-order valence-electron chi connectivity index (χ4n) is 2.26. The van der Waals surface area contributed by atoms with E-state index < -0.39 is 0 Å². The largest absolute Gasteiger partial charge is 0.497 e. The molecule has 108 valence electrons. The number of nitrogens with zero attached hydrogens (tertiary/aromatic N) is 2. The molecule has 0 atom stereocenters. The van der Waals surface area contributed by atoms with E-state index in [1.807, 2.05) is 36.4 Å². The molecule has 0 aliphatic rings. The van der Waals surface area contributed by atoms with Crippen molar-refractivity contribution in [1.82, 2.24) is 4.98 Å². The third-order valence-electron chi connectivity index (χ3n) is 3.47. The number of benzene rings is 2. The summed E-state index contributed by atoms with van der Waals surface area (Å²) >= 11 is 0. The fourth-order valence-corrected chi connectivity index (χ4v) is 2.26. The minimum Gasteiger partial charge on any atom is -0.497 e. The molecule has 0 amide bonds. The van der Waals surface area contributed by atoms with Crippen molar-refractivity contribution in [3.63, 3.8) is 0 Å². The molecule has 21 heavy (non-hydrogen) atoms. The van der Waals surface area contributed by atoms with Gasteiger partial charge in [-0.15, -0.1) is 0 Å². The van der Waals surface area contributed by atoms with E-state index in [1.165, 1.54) is 5.56 Å². The van der Waals surface area contributed by atoms with Crippen molar-refractivity contribution in [2.45, 2.75) is 13.5 Å². The molecular formula is C17H18N2O2. The Balaban J connectivity index is 1.83. The van der Waals surface area contributed by atoms with Crippen LogP contribution in [0.25, 0.3) is 11.1 Å². The molecule has 0 aliphatic heterocycles. The van der Waals surface area contributed by atoms with Gasteiger partial charge < -0.3 is 14.1 Å². The summed E-state index contributed by atoms with van der Waals surface area (Å²) in [6.45, 7) is 3.69. The van der Waals surface area contributed by atoms with Gasteiger partial charge in [0.2, 0.25) is 0 Å². The van der Waals surface area contributed by atoms with Gasteiger partial charge in [-0.3, -0.25) is 0 Å². The summed E-state index contributed by atoms with van der Waals surface area (Å²) < 4.78 is 11.0. The van der Waals surface area contributed by atoms with Gasteiger partial charge in [-0.25, -0.2) is 0 Å². The lowest BCUT2D eigenvalue weighted by molar-refractivity contribution is 0.414. The average Bonchev–Trinajstić information content (AvgIpc) is 2.97. The highest BCUT2D eigenvalue weighted by Gasteiger charge is 2.12. The van der Waals surface area contributed by atoms with Crippen LogP contribution in [0, 0.1) is 0 Å². The quantitative estimate of drug-likeness (QED) is 0.712. The Labute approximate surface area is 124 Å². The number of hydrogen-bond acceptors (Lipinski definition) is 4. The molecule has 0 fully saturated rings. The van der Waals surface area contributed by atoms with Crippen LogP contribution >= 0.6 is 0 Å². The third-order valence-corrected chi connectivity index (χ3v) is 3.47. The summed E-state index contributed by atoms with van der Waals surface area (Å²) in [6.07, 6.45) is 0. The van der Waals surface area contributed by atoms with Crippen molar-refractivity contribution >= 4 is 17.1 Å². The Morgan fingerprint density at radius 1 is 1.10 bits per heavy atom. The summed E-state index contributed by atoms with van der Waals surface area (Å²) in [5, 5.41) is 0. The van der Waals surface area contributed by atoms with Crippen LogP contribution < -0.4 is 9.64 Å². The zero-order valence-electron chi connectivity index (χ0n) is 12.2. The fraction of sp³-hybridized carbons (Fsp3) is 0.235. The maximum absolute atomic E-state index is 5.83. The van der Waals surface area contributed by atoms with Crippen LogP contribution in [0.1, 0.15) is 12.5 Å². The second kappa shape index (κ2) is 5.87. The molecule has 0 aliphatic carbocycles. The van der Waals surface area contributed by atoms with Crippen LogP contribution in [0.2, 0.25) is 0 Å². The number of methoxy groups -OCH3 is 1. The highest BCUT2D eigenvalue weighted by atomic mass is 16.5. The van der Waals surface area contributed by atoms with Crippen molar-refractivity contribution in [2.24, 2.45) is 0 Å². The van der Waals surface area contributed by atoms with Crippen LogP contribution in [0.3, 0.4) is 0 Å². The summed E-state index contributed by atoms with van der Waals surface area (Å²) in [7, 11) is 1.67. The number of anilines is 1. The topological polar surface area (TPSA) is 38.5 Å². The number of fused-ring (bicyclic) bond motifs is 1. The summed E-state index contributed by atoms with van der Waals surface area (Å²) in [6, 6.07) is 16.5. The van der Waals surface area contributed by atoms with Gasteiger partial charge in [0.1, 0.15) is 11.3 Å². The van der Waals surface area contributed by atoms with Gasteiger partial charge in [0.05, 0.1) is 7.11 Å². The molecular weight excluding hydrogens is 264 g/mol. The van der Waals surface area contributed by atoms with Gasteiger partial charge in [-0.1, -0.05) is 24.3 Å². The number of aromatic nitrogens is 1. The third kappa shape index (κ3) is 2.84. The van der Waals surface area contributed by atoms with Gasteiger partial charge in [0.25, 0.3) is 6.01 Å². The predicted molar refractivity (Wildman–Crippen MR) is 83.7 cm³/mol. The number of para-hydroxylation sites is 2. The lowest BCUT2D eigenvalue weighted by atomic mass is 10.2. The first-order valence-corrected chi connectivity index (χ1v) is 7.03.